The van der Waals surface area contributed by atoms with Gasteiger partial charge < -0.3 is 15.4 Å². The van der Waals surface area contributed by atoms with Crippen molar-refractivity contribution in [3.63, 3.8) is 0 Å². The molecule has 1 aromatic carbocycles. The molecule has 0 unspecified atom stereocenters. The number of benzene rings is 1. The number of methoxy groups -OCH3 is 1. The second-order valence-corrected chi connectivity index (χ2v) is 5.82. The summed E-state index contributed by atoms with van der Waals surface area (Å²) in [6.07, 6.45) is 1.96. The van der Waals surface area contributed by atoms with E-state index in [0.717, 1.165) is 23.3 Å². The first-order valence-corrected chi connectivity index (χ1v) is 7.61. The van der Waals surface area contributed by atoms with Gasteiger partial charge >= 0.3 is 6.03 Å². The lowest BCUT2D eigenvalue weighted by Crippen LogP contribution is -2.37. The van der Waals surface area contributed by atoms with Gasteiger partial charge in [-0.25, -0.2) is 4.79 Å². The molecule has 1 saturated heterocycles. The fourth-order valence-corrected chi connectivity index (χ4v) is 2.48. The number of ether oxygens (including phenoxy) is 1. The topological polar surface area (TPSA) is 87.7 Å². The smallest absolute Gasteiger partial charge is 0.325 e. The van der Waals surface area contributed by atoms with Gasteiger partial charge in [0, 0.05) is 6.04 Å². The van der Waals surface area contributed by atoms with Crippen LogP contribution in [0.15, 0.2) is 24.3 Å². The number of nitrogens with zero attached hydrogens (tertiary/aromatic N) is 1. The number of rotatable bonds is 6. The van der Waals surface area contributed by atoms with E-state index < -0.39 is 12.1 Å². The molecule has 122 valence electrons. The van der Waals surface area contributed by atoms with Crippen LogP contribution in [0.1, 0.15) is 24.8 Å². The second kappa shape index (κ2) is 6.28. The highest BCUT2D eigenvalue weighted by Gasteiger charge is 2.39. The maximum atomic E-state index is 12.3. The second-order valence-electron chi connectivity index (χ2n) is 5.82. The molecular formula is C16H19N3O4. The molecule has 1 heterocycles. The Morgan fingerprint density at radius 1 is 1.30 bits per heavy atom. The first-order valence-electron chi connectivity index (χ1n) is 7.61. The number of imide groups is 1. The molecule has 1 aliphatic carbocycles. The van der Waals surface area contributed by atoms with Crippen LogP contribution in [0.25, 0.3) is 0 Å². The number of carbonyl (C=O) groups is 3. The quantitative estimate of drug-likeness (QED) is 0.759. The monoisotopic (exact) mass is 317 g/mol. The Hall–Kier alpha value is -2.57. The van der Waals surface area contributed by atoms with Gasteiger partial charge in [-0.1, -0.05) is 12.1 Å². The zero-order valence-electron chi connectivity index (χ0n) is 12.9. The van der Waals surface area contributed by atoms with Gasteiger partial charge in [0.1, 0.15) is 11.8 Å². The summed E-state index contributed by atoms with van der Waals surface area (Å²) in [5.74, 6) is 0.148. The number of amides is 4. The lowest BCUT2D eigenvalue weighted by Gasteiger charge is -2.13. The van der Waals surface area contributed by atoms with Crippen LogP contribution < -0.4 is 15.4 Å². The minimum absolute atomic E-state index is 0.0137. The van der Waals surface area contributed by atoms with E-state index in [1.165, 1.54) is 0 Å². The van der Waals surface area contributed by atoms with Crippen molar-refractivity contribution in [1.29, 1.82) is 0 Å². The average Bonchev–Trinajstić information content (AvgIpc) is 3.31. The zero-order chi connectivity index (χ0) is 16.4. The van der Waals surface area contributed by atoms with Crippen molar-refractivity contribution in [2.24, 2.45) is 0 Å². The van der Waals surface area contributed by atoms with Crippen LogP contribution in [0.3, 0.4) is 0 Å². The minimum atomic E-state index is -0.778. The van der Waals surface area contributed by atoms with Gasteiger partial charge in [0.05, 0.1) is 20.1 Å². The number of nitrogens with one attached hydrogen (secondary N) is 2. The number of carbonyl (C=O) groups excluding carboxylic acids is 3. The van der Waals surface area contributed by atoms with Gasteiger partial charge in [0.25, 0.3) is 5.91 Å². The molecular weight excluding hydrogens is 298 g/mol. The Morgan fingerprint density at radius 3 is 2.61 bits per heavy atom. The SMILES string of the molecule is COc1ccc(CN2C(=O)N[C@@H](CC(=O)NC3CC3)C2=O)cc1. The van der Waals surface area contributed by atoms with Crippen molar-refractivity contribution in [3.05, 3.63) is 29.8 Å². The standard InChI is InChI=1S/C16H19N3O4/c1-23-12-6-2-10(3-7-12)9-19-15(21)13(18-16(19)22)8-14(20)17-11-4-5-11/h2-3,6-7,11,13H,4-5,8-9H2,1H3,(H,17,20)(H,18,22)/t13-/m0/s1. The molecule has 7 heteroatoms. The number of hydrogen-bond acceptors (Lipinski definition) is 4. The highest BCUT2D eigenvalue weighted by atomic mass is 16.5. The third-order valence-electron chi connectivity index (χ3n) is 3.94. The molecule has 2 aliphatic rings. The van der Waals surface area contributed by atoms with Crippen molar-refractivity contribution in [3.8, 4) is 5.75 Å². The van der Waals surface area contributed by atoms with E-state index in [1.807, 2.05) is 0 Å². The highest BCUT2D eigenvalue weighted by molar-refractivity contribution is 6.05. The van der Waals surface area contributed by atoms with Gasteiger partial charge in [0.15, 0.2) is 0 Å². The van der Waals surface area contributed by atoms with Crippen LogP contribution in [0, 0.1) is 0 Å². The summed E-state index contributed by atoms with van der Waals surface area (Å²) < 4.78 is 5.07. The van der Waals surface area contributed by atoms with E-state index in [2.05, 4.69) is 10.6 Å². The van der Waals surface area contributed by atoms with Crippen LogP contribution in [0.5, 0.6) is 5.75 Å². The molecule has 0 bridgehead atoms. The molecule has 0 radical (unpaired) electrons. The number of urea groups is 1. The molecule has 0 spiro atoms. The third kappa shape index (κ3) is 3.61. The summed E-state index contributed by atoms with van der Waals surface area (Å²) in [6, 6.07) is 6.14. The number of hydrogen-bond donors (Lipinski definition) is 2. The lowest BCUT2D eigenvalue weighted by molar-refractivity contribution is -0.131. The van der Waals surface area contributed by atoms with Gasteiger partial charge in [0.2, 0.25) is 5.91 Å². The first-order chi connectivity index (χ1) is 11.1. The fraction of sp³-hybridized carbons (Fsp3) is 0.438. The first kappa shape index (κ1) is 15.3. The van der Waals surface area contributed by atoms with E-state index in [9.17, 15) is 14.4 Å². The molecule has 23 heavy (non-hydrogen) atoms. The summed E-state index contributed by atoms with van der Waals surface area (Å²) in [5, 5.41) is 5.39. The Labute approximate surface area is 134 Å². The van der Waals surface area contributed by atoms with E-state index in [-0.39, 0.29) is 30.8 Å². The minimum Gasteiger partial charge on any atom is -0.497 e. The Balaban J connectivity index is 1.59. The van der Waals surface area contributed by atoms with Gasteiger partial charge in [-0.05, 0) is 30.5 Å². The van der Waals surface area contributed by atoms with E-state index >= 15 is 0 Å². The van der Waals surface area contributed by atoms with Crippen LogP contribution in [0.4, 0.5) is 4.79 Å². The molecule has 1 saturated carbocycles. The molecule has 1 aliphatic heterocycles. The van der Waals surface area contributed by atoms with E-state index in [4.69, 9.17) is 4.74 Å². The van der Waals surface area contributed by atoms with Crippen molar-refractivity contribution < 1.29 is 19.1 Å². The molecule has 2 N–H and O–H groups in total. The van der Waals surface area contributed by atoms with Gasteiger partial charge in [-0.15, -0.1) is 0 Å². The summed E-state index contributed by atoms with van der Waals surface area (Å²) in [4.78, 5) is 37.2. The van der Waals surface area contributed by atoms with Crippen molar-refractivity contribution in [1.82, 2.24) is 15.5 Å². The normalized spacial score (nSPS) is 20.4. The Kier molecular flexibility index (Phi) is 4.18. The van der Waals surface area contributed by atoms with Crippen molar-refractivity contribution >= 4 is 17.8 Å². The molecule has 0 aromatic heterocycles. The van der Waals surface area contributed by atoms with Crippen molar-refractivity contribution in [2.75, 3.05) is 7.11 Å². The van der Waals surface area contributed by atoms with Crippen LogP contribution in [-0.2, 0) is 16.1 Å². The highest BCUT2D eigenvalue weighted by Crippen LogP contribution is 2.20. The summed E-state index contributed by atoms with van der Waals surface area (Å²) >= 11 is 0. The summed E-state index contributed by atoms with van der Waals surface area (Å²) in [5.41, 5.74) is 0.817. The van der Waals surface area contributed by atoms with Crippen LogP contribution >= 0.6 is 0 Å². The maximum absolute atomic E-state index is 12.3. The van der Waals surface area contributed by atoms with Gasteiger partial charge in [-0.2, -0.15) is 0 Å². The lowest BCUT2D eigenvalue weighted by atomic mass is 10.1. The fourth-order valence-electron chi connectivity index (χ4n) is 2.48. The summed E-state index contributed by atoms with van der Waals surface area (Å²) in [6.45, 7) is 0.176. The zero-order valence-corrected chi connectivity index (χ0v) is 12.9. The molecule has 7 nitrogen and oxygen atoms in total. The predicted molar refractivity (Wildman–Crippen MR) is 81.6 cm³/mol. The van der Waals surface area contributed by atoms with Gasteiger partial charge in [-0.3, -0.25) is 14.5 Å². The molecule has 1 atom stereocenters. The Bertz CT molecular complexity index is 625. The molecule has 3 rings (SSSR count). The summed E-state index contributed by atoms with van der Waals surface area (Å²) in [7, 11) is 1.57. The molecule has 4 amide bonds. The third-order valence-corrected chi connectivity index (χ3v) is 3.94. The average molecular weight is 317 g/mol. The Morgan fingerprint density at radius 2 is 2.00 bits per heavy atom. The largest absolute Gasteiger partial charge is 0.497 e. The van der Waals surface area contributed by atoms with E-state index in [1.54, 1.807) is 31.4 Å². The predicted octanol–water partition coefficient (Wildman–Crippen LogP) is 0.784. The van der Waals surface area contributed by atoms with Crippen LogP contribution in [0.2, 0.25) is 0 Å². The molecule has 1 aromatic rings. The maximum Gasteiger partial charge on any atom is 0.325 e. The molecule has 2 fully saturated rings. The van der Waals surface area contributed by atoms with Crippen LogP contribution in [-0.4, -0.2) is 41.9 Å². The van der Waals surface area contributed by atoms with Crippen molar-refractivity contribution in [2.45, 2.75) is 37.9 Å². The van der Waals surface area contributed by atoms with E-state index in [0.29, 0.717) is 5.75 Å².